The van der Waals surface area contributed by atoms with Gasteiger partial charge in [-0.1, -0.05) is 5.46 Å². The number of methoxy groups -OCH3 is 1. The molecule has 0 saturated carbocycles. The molecule has 106 valence electrons. The molecule has 0 bridgehead atoms. The number of hydrogen-bond acceptors (Lipinski definition) is 3. The first-order valence-corrected chi connectivity index (χ1v) is 6.13. The monoisotopic (exact) mass is 314 g/mol. The number of rotatable bonds is 5. The molecule has 1 saturated heterocycles. The van der Waals surface area contributed by atoms with Gasteiger partial charge in [-0.05, 0) is 31.0 Å². The second-order valence-corrected chi connectivity index (χ2v) is 4.42. The van der Waals surface area contributed by atoms with Crippen molar-refractivity contribution in [2.75, 3.05) is 20.3 Å². The first kappa shape index (κ1) is 18.3. The Kier molecular flexibility index (Phi) is 7.37. The zero-order valence-corrected chi connectivity index (χ0v) is 14.7. The van der Waals surface area contributed by atoms with E-state index in [1.165, 1.54) is 19.2 Å². The molecule has 3 nitrogen and oxygen atoms in total. The summed E-state index contributed by atoms with van der Waals surface area (Å²) in [6, 6.07) is 3.71. The molecule has 0 amide bonds. The maximum absolute atomic E-state index is 13.0. The SMILES string of the molecule is COc1ccc(OCC2CCCO2)c([B-](F)(F)F)c1.[K+]. The van der Waals surface area contributed by atoms with Gasteiger partial charge >= 0.3 is 58.4 Å². The topological polar surface area (TPSA) is 27.7 Å². The Balaban J connectivity index is 0.00000200. The van der Waals surface area contributed by atoms with Gasteiger partial charge in [0.2, 0.25) is 0 Å². The molecule has 0 spiro atoms. The maximum Gasteiger partial charge on any atom is 1.00 e. The quantitative estimate of drug-likeness (QED) is 0.674. The van der Waals surface area contributed by atoms with Crippen LogP contribution < -0.4 is 66.3 Å². The van der Waals surface area contributed by atoms with Gasteiger partial charge in [0.15, 0.2) is 0 Å². The van der Waals surface area contributed by atoms with E-state index in [0.29, 0.717) is 6.61 Å². The summed E-state index contributed by atoms with van der Waals surface area (Å²) in [6.45, 7) is -4.35. The van der Waals surface area contributed by atoms with Crippen molar-refractivity contribution in [2.45, 2.75) is 18.9 Å². The maximum atomic E-state index is 13.0. The first-order valence-electron chi connectivity index (χ1n) is 6.13. The third-order valence-corrected chi connectivity index (χ3v) is 3.02. The van der Waals surface area contributed by atoms with Gasteiger partial charge in [-0.3, -0.25) is 0 Å². The summed E-state index contributed by atoms with van der Waals surface area (Å²) < 4.78 is 54.3. The van der Waals surface area contributed by atoms with E-state index in [1.807, 2.05) is 0 Å². The molecule has 1 aromatic carbocycles. The largest absolute Gasteiger partial charge is 1.00 e. The van der Waals surface area contributed by atoms with Gasteiger partial charge in [0, 0.05) is 6.61 Å². The van der Waals surface area contributed by atoms with E-state index in [1.54, 1.807) is 0 Å². The summed E-state index contributed by atoms with van der Waals surface area (Å²) in [7, 11) is 1.33. The fourth-order valence-corrected chi connectivity index (χ4v) is 2.00. The molecule has 2 rings (SSSR count). The minimum Gasteiger partial charge on any atom is -0.497 e. The molecule has 0 N–H and O–H groups in total. The third kappa shape index (κ3) is 4.92. The zero-order chi connectivity index (χ0) is 13.9. The molecule has 0 aromatic heterocycles. The molecule has 0 aliphatic carbocycles. The van der Waals surface area contributed by atoms with Crippen LogP contribution in [0.3, 0.4) is 0 Å². The van der Waals surface area contributed by atoms with E-state index in [4.69, 9.17) is 14.2 Å². The van der Waals surface area contributed by atoms with E-state index in [2.05, 4.69) is 0 Å². The van der Waals surface area contributed by atoms with Crippen molar-refractivity contribution in [2.24, 2.45) is 0 Å². The molecule has 1 atom stereocenters. The summed E-state index contributed by atoms with van der Waals surface area (Å²) in [5, 5.41) is 0. The van der Waals surface area contributed by atoms with Gasteiger partial charge in [0.25, 0.3) is 0 Å². The standard InChI is InChI=1S/C12H15BF3O3.K/c1-17-9-4-5-12(11(7-9)13(14,15)16)19-8-10-3-2-6-18-10;/h4-5,7,10H,2-3,6,8H2,1H3;/q-1;+1. The van der Waals surface area contributed by atoms with Crippen LogP contribution >= 0.6 is 0 Å². The fraction of sp³-hybridized carbons (Fsp3) is 0.500. The number of hydrogen-bond donors (Lipinski definition) is 0. The number of ether oxygens (including phenoxy) is 3. The third-order valence-electron chi connectivity index (χ3n) is 3.02. The predicted molar refractivity (Wildman–Crippen MR) is 66.2 cm³/mol. The summed E-state index contributed by atoms with van der Waals surface area (Å²) in [6.07, 6.45) is 1.63. The Hall–Kier alpha value is 0.271. The van der Waals surface area contributed by atoms with Crippen molar-refractivity contribution in [1.82, 2.24) is 0 Å². The second kappa shape index (κ2) is 8.05. The Bertz CT molecular complexity index is 436. The van der Waals surface area contributed by atoms with Gasteiger partial charge in [0.1, 0.15) is 12.4 Å². The van der Waals surface area contributed by atoms with Crippen LogP contribution in [0.4, 0.5) is 12.9 Å². The zero-order valence-electron chi connectivity index (χ0n) is 11.6. The Morgan fingerprint density at radius 2 is 2.10 bits per heavy atom. The molecule has 1 fully saturated rings. The smallest absolute Gasteiger partial charge is 0.497 e. The average Bonchev–Trinajstić information content (AvgIpc) is 2.88. The van der Waals surface area contributed by atoms with E-state index in [0.717, 1.165) is 18.9 Å². The predicted octanol–water partition coefficient (Wildman–Crippen LogP) is -0.689. The summed E-state index contributed by atoms with van der Waals surface area (Å²) >= 11 is 0. The summed E-state index contributed by atoms with van der Waals surface area (Å²) in [4.78, 5) is 0. The van der Waals surface area contributed by atoms with Crippen LogP contribution in [0.1, 0.15) is 12.8 Å². The molecular weight excluding hydrogens is 299 g/mol. The molecule has 1 unspecified atom stereocenters. The van der Waals surface area contributed by atoms with Gasteiger partial charge < -0.3 is 27.2 Å². The van der Waals surface area contributed by atoms with Gasteiger partial charge in [-0.15, -0.1) is 0 Å². The molecule has 20 heavy (non-hydrogen) atoms. The number of halogens is 3. The molecule has 1 aromatic rings. The normalized spacial score (nSPS) is 18.5. The van der Waals surface area contributed by atoms with Gasteiger partial charge in [-0.2, -0.15) is 0 Å². The van der Waals surface area contributed by atoms with Crippen LogP contribution in [0, 0.1) is 0 Å². The molecule has 1 aliphatic rings. The Labute approximate surface area is 158 Å². The van der Waals surface area contributed by atoms with Crippen molar-refractivity contribution in [1.29, 1.82) is 0 Å². The van der Waals surface area contributed by atoms with Crippen LogP contribution in [-0.4, -0.2) is 33.4 Å². The molecule has 1 aliphatic heterocycles. The van der Waals surface area contributed by atoms with Crippen molar-refractivity contribution < 1.29 is 78.5 Å². The second-order valence-electron chi connectivity index (χ2n) is 4.42. The van der Waals surface area contributed by atoms with Crippen LogP contribution in [0.15, 0.2) is 18.2 Å². The fourth-order valence-electron chi connectivity index (χ4n) is 2.00. The van der Waals surface area contributed by atoms with E-state index >= 15 is 0 Å². The molecule has 0 radical (unpaired) electrons. The Morgan fingerprint density at radius 3 is 2.65 bits per heavy atom. The molecule has 8 heteroatoms. The van der Waals surface area contributed by atoms with E-state index in [9.17, 15) is 12.9 Å². The van der Waals surface area contributed by atoms with Crippen LogP contribution in [0.25, 0.3) is 0 Å². The summed E-state index contributed by atoms with van der Waals surface area (Å²) in [5.74, 6) is 0.00228. The first-order chi connectivity index (χ1) is 9.00. The molecular formula is C12H15BF3KO3. The molecule has 1 heterocycles. The van der Waals surface area contributed by atoms with Crippen LogP contribution in [0.5, 0.6) is 11.5 Å². The van der Waals surface area contributed by atoms with Crippen LogP contribution in [-0.2, 0) is 4.74 Å². The summed E-state index contributed by atoms with van der Waals surface area (Å²) in [5.41, 5.74) is -0.766. The van der Waals surface area contributed by atoms with Gasteiger partial charge in [-0.25, -0.2) is 0 Å². The Morgan fingerprint density at radius 1 is 1.35 bits per heavy atom. The van der Waals surface area contributed by atoms with E-state index < -0.39 is 12.4 Å². The van der Waals surface area contributed by atoms with Crippen molar-refractivity contribution in [3.63, 3.8) is 0 Å². The minimum absolute atomic E-state index is 0. The average molecular weight is 314 g/mol. The van der Waals surface area contributed by atoms with Crippen molar-refractivity contribution in [3.8, 4) is 11.5 Å². The van der Waals surface area contributed by atoms with E-state index in [-0.39, 0.29) is 75.6 Å². The van der Waals surface area contributed by atoms with Crippen LogP contribution in [0.2, 0.25) is 0 Å². The minimum atomic E-state index is -5.14. The van der Waals surface area contributed by atoms with Gasteiger partial charge in [0.05, 0.1) is 19.0 Å². The van der Waals surface area contributed by atoms with Crippen molar-refractivity contribution >= 4 is 12.4 Å². The number of benzene rings is 1. The van der Waals surface area contributed by atoms with Crippen molar-refractivity contribution in [3.05, 3.63) is 18.2 Å².